The molecule has 2 N–H and O–H groups in total. The van der Waals surface area contributed by atoms with Gasteiger partial charge < -0.3 is 15.2 Å². The number of anilines is 1. The van der Waals surface area contributed by atoms with E-state index >= 15 is 0 Å². The summed E-state index contributed by atoms with van der Waals surface area (Å²) >= 11 is 0. The molecule has 0 radical (unpaired) electrons. The lowest BCUT2D eigenvalue weighted by Gasteiger charge is -2.17. The molecular weight excluding hydrogens is 390 g/mol. The number of nitrogens with one attached hydrogen (secondary N) is 2. The second kappa shape index (κ2) is 8.88. The van der Waals surface area contributed by atoms with Gasteiger partial charge in [0.05, 0.1) is 24.0 Å². The van der Waals surface area contributed by atoms with Gasteiger partial charge in [-0.3, -0.25) is 9.59 Å². The molecule has 0 saturated heterocycles. The number of rotatable bonds is 4. The standard InChI is InChI=1S/C20H19N5O2.C4H10/c26-17(25-8-7-13-3-1-2-4-16(13)25)11-23-20(27)14-9-21-19-18(14)24-15(10-22-19)12-5-6-12;1-4(2)3/h1-4,9-10,12H,5-8,11H2,(H,21,22)(H,23,27);4H,1-3H3. The lowest BCUT2D eigenvalue weighted by molar-refractivity contribution is -0.117. The quantitative estimate of drug-likeness (QED) is 0.673. The highest BCUT2D eigenvalue weighted by atomic mass is 16.2. The number of aromatic nitrogens is 3. The zero-order valence-corrected chi connectivity index (χ0v) is 18.3. The Morgan fingerprint density at radius 1 is 1.23 bits per heavy atom. The highest BCUT2D eigenvalue weighted by Crippen LogP contribution is 2.39. The summed E-state index contributed by atoms with van der Waals surface area (Å²) in [6.45, 7) is 7.10. The molecule has 2 amide bonds. The van der Waals surface area contributed by atoms with Crippen molar-refractivity contribution in [3.05, 3.63) is 53.5 Å². The van der Waals surface area contributed by atoms with Crippen LogP contribution in [0.5, 0.6) is 0 Å². The van der Waals surface area contributed by atoms with Crippen molar-refractivity contribution < 1.29 is 9.59 Å². The maximum absolute atomic E-state index is 12.6. The second-order valence-corrected chi connectivity index (χ2v) is 8.81. The first-order valence-corrected chi connectivity index (χ1v) is 10.9. The number of amides is 2. The van der Waals surface area contributed by atoms with Crippen molar-refractivity contribution in [1.29, 1.82) is 0 Å². The molecule has 3 heterocycles. The van der Waals surface area contributed by atoms with Gasteiger partial charge in [-0.25, -0.2) is 9.97 Å². The van der Waals surface area contributed by atoms with Crippen LogP contribution in [0.1, 0.15) is 61.1 Å². The molecule has 2 aromatic heterocycles. The van der Waals surface area contributed by atoms with Crippen LogP contribution in [0, 0.1) is 5.92 Å². The minimum Gasteiger partial charge on any atom is -0.344 e. The Morgan fingerprint density at radius 2 is 1.97 bits per heavy atom. The smallest absolute Gasteiger partial charge is 0.255 e. The van der Waals surface area contributed by atoms with Crippen molar-refractivity contribution in [2.75, 3.05) is 18.0 Å². The summed E-state index contributed by atoms with van der Waals surface area (Å²) in [5, 5.41) is 2.73. The van der Waals surface area contributed by atoms with Crippen LogP contribution in [-0.2, 0) is 11.2 Å². The molecule has 0 atom stereocenters. The van der Waals surface area contributed by atoms with Gasteiger partial charge in [-0.05, 0) is 36.8 Å². The van der Waals surface area contributed by atoms with Crippen LogP contribution < -0.4 is 10.2 Å². The van der Waals surface area contributed by atoms with E-state index in [1.807, 2.05) is 24.3 Å². The summed E-state index contributed by atoms with van der Waals surface area (Å²) in [5.41, 5.74) is 4.61. The summed E-state index contributed by atoms with van der Waals surface area (Å²) in [5.74, 6) is 0.867. The van der Waals surface area contributed by atoms with Gasteiger partial charge in [-0.2, -0.15) is 0 Å². The Morgan fingerprint density at radius 3 is 2.71 bits per heavy atom. The molecule has 162 valence electrons. The van der Waals surface area contributed by atoms with Gasteiger partial charge in [0.15, 0.2) is 5.65 Å². The zero-order valence-electron chi connectivity index (χ0n) is 18.3. The first kappa shape index (κ1) is 21.0. The number of H-pyrrole nitrogens is 1. The van der Waals surface area contributed by atoms with Crippen molar-refractivity contribution in [3.8, 4) is 0 Å². The van der Waals surface area contributed by atoms with E-state index < -0.39 is 0 Å². The molecular formula is C24H29N5O2. The number of fused-ring (bicyclic) bond motifs is 2. The number of aromatic amines is 1. The highest BCUT2D eigenvalue weighted by molar-refractivity contribution is 6.06. The van der Waals surface area contributed by atoms with E-state index in [0.29, 0.717) is 29.2 Å². The number of hydrogen-bond donors (Lipinski definition) is 2. The molecule has 0 spiro atoms. The van der Waals surface area contributed by atoms with Crippen LogP contribution in [-0.4, -0.2) is 39.9 Å². The van der Waals surface area contributed by atoms with Crippen LogP contribution in [0.25, 0.3) is 11.2 Å². The average molecular weight is 420 g/mol. The van der Waals surface area contributed by atoms with E-state index in [9.17, 15) is 9.59 Å². The van der Waals surface area contributed by atoms with E-state index in [2.05, 4.69) is 41.0 Å². The van der Waals surface area contributed by atoms with Gasteiger partial charge in [0.2, 0.25) is 5.91 Å². The fraction of sp³-hybridized carbons (Fsp3) is 0.417. The minimum atomic E-state index is -0.315. The van der Waals surface area contributed by atoms with Crippen LogP contribution in [0.2, 0.25) is 0 Å². The minimum absolute atomic E-state index is 0.0460. The number of benzene rings is 1. The monoisotopic (exact) mass is 419 g/mol. The number of nitrogens with zero attached hydrogens (tertiary/aromatic N) is 3. The maximum Gasteiger partial charge on any atom is 0.255 e. The van der Waals surface area contributed by atoms with E-state index in [4.69, 9.17) is 0 Å². The van der Waals surface area contributed by atoms with Gasteiger partial charge in [-0.15, -0.1) is 0 Å². The fourth-order valence-corrected chi connectivity index (χ4v) is 3.60. The van der Waals surface area contributed by atoms with Crippen molar-refractivity contribution >= 4 is 28.7 Å². The summed E-state index contributed by atoms with van der Waals surface area (Å²) < 4.78 is 0. The molecule has 7 nitrogen and oxygen atoms in total. The SMILES string of the molecule is CC(C)C.O=C(NCC(=O)N1CCc2ccccc21)c1c[nH]c2ncc(C3CC3)nc12. The third-order valence-electron chi connectivity index (χ3n) is 5.23. The lowest BCUT2D eigenvalue weighted by atomic mass is 10.2. The Bertz CT molecular complexity index is 1100. The van der Waals surface area contributed by atoms with Gasteiger partial charge in [0.25, 0.3) is 5.91 Å². The molecule has 1 fully saturated rings. The van der Waals surface area contributed by atoms with Crippen molar-refractivity contribution in [2.24, 2.45) is 5.92 Å². The van der Waals surface area contributed by atoms with Crippen molar-refractivity contribution in [2.45, 2.75) is 46.0 Å². The molecule has 2 aliphatic rings. The molecule has 3 aromatic rings. The van der Waals surface area contributed by atoms with E-state index in [1.54, 1.807) is 17.3 Å². The second-order valence-electron chi connectivity index (χ2n) is 8.81. The normalized spacial score (nSPS) is 14.9. The molecule has 1 aliphatic carbocycles. The van der Waals surface area contributed by atoms with Gasteiger partial charge in [-0.1, -0.05) is 39.0 Å². The summed E-state index contributed by atoms with van der Waals surface area (Å²) in [7, 11) is 0. The average Bonchev–Trinajstić information content (AvgIpc) is 3.37. The van der Waals surface area contributed by atoms with E-state index in [-0.39, 0.29) is 18.4 Å². The predicted molar refractivity (Wildman–Crippen MR) is 121 cm³/mol. The molecule has 1 aliphatic heterocycles. The molecule has 1 saturated carbocycles. The largest absolute Gasteiger partial charge is 0.344 e. The Labute approximate surface area is 182 Å². The van der Waals surface area contributed by atoms with Crippen molar-refractivity contribution in [3.63, 3.8) is 0 Å². The third kappa shape index (κ3) is 4.76. The first-order chi connectivity index (χ1) is 14.9. The van der Waals surface area contributed by atoms with Crippen LogP contribution in [0.3, 0.4) is 0 Å². The number of para-hydroxylation sites is 1. The maximum atomic E-state index is 12.6. The third-order valence-corrected chi connectivity index (χ3v) is 5.23. The Kier molecular flexibility index (Phi) is 6.02. The number of carbonyl (C=O) groups excluding carboxylic acids is 2. The van der Waals surface area contributed by atoms with Crippen LogP contribution >= 0.6 is 0 Å². The summed E-state index contributed by atoms with van der Waals surface area (Å²) in [6.07, 6.45) is 6.46. The molecule has 1 aromatic carbocycles. The molecule has 31 heavy (non-hydrogen) atoms. The van der Waals surface area contributed by atoms with Crippen LogP contribution in [0.4, 0.5) is 5.69 Å². The van der Waals surface area contributed by atoms with E-state index in [0.717, 1.165) is 42.1 Å². The summed E-state index contributed by atoms with van der Waals surface area (Å²) in [6, 6.07) is 7.87. The molecule has 7 heteroatoms. The highest BCUT2D eigenvalue weighted by Gasteiger charge is 2.27. The topological polar surface area (TPSA) is 91.0 Å². The van der Waals surface area contributed by atoms with Crippen LogP contribution in [0.15, 0.2) is 36.7 Å². The predicted octanol–water partition coefficient (Wildman–Crippen LogP) is 3.82. The number of hydrogen-bond acceptors (Lipinski definition) is 4. The molecule has 5 rings (SSSR count). The lowest BCUT2D eigenvalue weighted by Crippen LogP contribution is -2.39. The first-order valence-electron chi connectivity index (χ1n) is 10.9. The molecule has 0 unspecified atom stereocenters. The van der Waals surface area contributed by atoms with Crippen molar-refractivity contribution in [1.82, 2.24) is 20.3 Å². The van der Waals surface area contributed by atoms with Gasteiger partial charge in [0.1, 0.15) is 5.52 Å². The van der Waals surface area contributed by atoms with Gasteiger partial charge >= 0.3 is 0 Å². The summed E-state index contributed by atoms with van der Waals surface area (Å²) in [4.78, 5) is 38.9. The fourth-order valence-electron chi connectivity index (χ4n) is 3.60. The molecule has 0 bridgehead atoms. The zero-order chi connectivity index (χ0) is 22.0. The Balaban J connectivity index is 0.000000535. The van der Waals surface area contributed by atoms with Gasteiger partial charge in [0, 0.05) is 24.3 Å². The Hall–Kier alpha value is -3.22. The number of carbonyl (C=O) groups is 2. The van der Waals surface area contributed by atoms with E-state index in [1.165, 1.54) is 0 Å².